The maximum atomic E-state index is 10.8. The number of hydrogen-bond acceptors (Lipinski definition) is 4. The number of hydrogen-bond donors (Lipinski definition) is 0. The second-order valence-corrected chi connectivity index (χ2v) is 4.33. The molecule has 0 unspecified atom stereocenters. The van der Waals surface area contributed by atoms with Crippen LogP contribution in [0.5, 0.6) is 0 Å². The van der Waals surface area contributed by atoms with Gasteiger partial charge in [0.15, 0.2) is 6.29 Å². The van der Waals surface area contributed by atoms with E-state index in [9.17, 15) is 4.79 Å². The van der Waals surface area contributed by atoms with E-state index in [1.54, 1.807) is 0 Å². The van der Waals surface area contributed by atoms with Crippen LogP contribution in [0.1, 0.15) is 26.7 Å². The Balaban J connectivity index is 2.19. The van der Waals surface area contributed by atoms with Crippen molar-refractivity contribution in [2.24, 2.45) is 5.41 Å². The fourth-order valence-corrected chi connectivity index (χ4v) is 1.23. The third-order valence-corrected chi connectivity index (χ3v) is 2.13. The van der Waals surface area contributed by atoms with Crippen LogP contribution in [0, 0.1) is 5.41 Å². The van der Waals surface area contributed by atoms with Crippen LogP contribution in [0.15, 0.2) is 0 Å². The predicted molar refractivity (Wildman–Crippen MR) is 50.7 cm³/mol. The van der Waals surface area contributed by atoms with Gasteiger partial charge in [-0.05, 0) is 0 Å². The van der Waals surface area contributed by atoms with Gasteiger partial charge in [-0.1, -0.05) is 13.8 Å². The molecule has 1 aliphatic heterocycles. The lowest BCUT2D eigenvalue weighted by Gasteiger charge is -2.34. The molecule has 4 heteroatoms. The predicted octanol–water partition coefficient (Wildman–Crippen LogP) is 1.34. The molecule has 1 saturated heterocycles. The topological polar surface area (TPSA) is 44.8 Å². The zero-order chi connectivity index (χ0) is 10.6. The van der Waals surface area contributed by atoms with Crippen LogP contribution < -0.4 is 0 Å². The van der Waals surface area contributed by atoms with Crippen LogP contribution in [0.2, 0.25) is 0 Å². The molecule has 0 spiro atoms. The lowest BCUT2D eigenvalue weighted by atomic mass is 9.95. The summed E-state index contributed by atoms with van der Waals surface area (Å²) in [6.45, 7) is 5.53. The highest BCUT2D eigenvalue weighted by Crippen LogP contribution is 2.24. The second kappa shape index (κ2) is 4.75. The van der Waals surface area contributed by atoms with Crippen molar-refractivity contribution in [3.8, 4) is 0 Å². The highest BCUT2D eigenvalue weighted by molar-refractivity contribution is 5.69. The van der Waals surface area contributed by atoms with Crippen molar-refractivity contribution in [2.45, 2.75) is 33.0 Å². The highest BCUT2D eigenvalue weighted by atomic mass is 16.7. The molecule has 1 heterocycles. The van der Waals surface area contributed by atoms with Crippen LogP contribution in [0.3, 0.4) is 0 Å². The van der Waals surface area contributed by atoms with Crippen molar-refractivity contribution in [3.05, 3.63) is 0 Å². The van der Waals surface area contributed by atoms with E-state index in [0.29, 0.717) is 26.1 Å². The standard InChI is InChI=1S/C10H18O4/c1-10(2)6-13-9(14-7-10)5-4-8(11)12-3/h9H,4-7H2,1-3H3. The lowest BCUT2D eigenvalue weighted by Crippen LogP contribution is -2.37. The van der Waals surface area contributed by atoms with Crippen LogP contribution in [-0.2, 0) is 19.0 Å². The fraction of sp³-hybridized carbons (Fsp3) is 0.900. The van der Waals surface area contributed by atoms with Gasteiger partial charge < -0.3 is 14.2 Å². The van der Waals surface area contributed by atoms with Gasteiger partial charge in [-0.15, -0.1) is 0 Å². The Bertz CT molecular complexity index is 190. The molecule has 0 saturated carbocycles. The summed E-state index contributed by atoms with van der Waals surface area (Å²) in [5.74, 6) is -0.220. The summed E-state index contributed by atoms with van der Waals surface area (Å²) in [7, 11) is 1.38. The van der Waals surface area contributed by atoms with Gasteiger partial charge in [0.05, 0.1) is 26.7 Å². The quantitative estimate of drug-likeness (QED) is 0.648. The molecule has 0 aliphatic carbocycles. The summed E-state index contributed by atoms with van der Waals surface area (Å²) in [5.41, 5.74) is 0.0851. The van der Waals surface area contributed by atoms with E-state index in [0.717, 1.165) is 0 Å². The van der Waals surface area contributed by atoms with Crippen molar-refractivity contribution in [1.29, 1.82) is 0 Å². The van der Waals surface area contributed by atoms with E-state index >= 15 is 0 Å². The van der Waals surface area contributed by atoms with Gasteiger partial charge in [-0.25, -0.2) is 0 Å². The van der Waals surface area contributed by atoms with E-state index in [4.69, 9.17) is 9.47 Å². The molecule has 0 atom stereocenters. The molecule has 82 valence electrons. The highest BCUT2D eigenvalue weighted by Gasteiger charge is 2.28. The normalized spacial score (nSPS) is 21.9. The molecule has 14 heavy (non-hydrogen) atoms. The Hall–Kier alpha value is -0.610. The summed E-state index contributed by atoms with van der Waals surface area (Å²) >= 11 is 0. The molecule has 0 amide bonds. The molecular formula is C10H18O4. The van der Waals surface area contributed by atoms with Crippen LogP contribution in [0.4, 0.5) is 0 Å². The number of methoxy groups -OCH3 is 1. The molecule has 0 aromatic carbocycles. The molecule has 1 fully saturated rings. The van der Waals surface area contributed by atoms with Crippen LogP contribution in [0.25, 0.3) is 0 Å². The lowest BCUT2D eigenvalue weighted by molar-refractivity contribution is -0.224. The monoisotopic (exact) mass is 202 g/mol. The summed E-state index contributed by atoms with van der Waals surface area (Å²) in [4.78, 5) is 10.8. The maximum Gasteiger partial charge on any atom is 0.305 e. The largest absolute Gasteiger partial charge is 0.469 e. The fourth-order valence-electron chi connectivity index (χ4n) is 1.23. The Labute approximate surface area is 84.5 Å². The van der Waals surface area contributed by atoms with Gasteiger partial charge in [-0.2, -0.15) is 0 Å². The number of rotatable bonds is 3. The summed E-state index contributed by atoms with van der Waals surface area (Å²) < 4.78 is 15.4. The van der Waals surface area contributed by atoms with Crippen molar-refractivity contribution in [3.63, 3.8) is 0 Å². The van der Waals surface area contributed by atoms with Gasteiger partial charge in [0.1, 0.15) is 0 Å². The van der Waals surface area contributed by atoms with E-state index in [-0.39, 0.29) is 17.7 Å². The number of carbonyl (C=O) groups is 1. The minimum absolute atomic E-state index is 0.0851. The molecule has 0 bridgehead atoms. The number of ether oxygens (including phenoxy) is 3. The Morgan fingerprint density at radius 2 is 2.00 bits per heavy atom. The first-order valence-electron chi connectivity index (χ1n) is 4.83. The third kappa shape index (κ3) is 3.64. The molecule has 0 N–H and O–H groups in total. The van der Waals surface area contributed by atoms with Crippen LogP contribution >= 0.6 is 0 Å². The molecular weight excluding hydrogens is 184 g/mol. The van der Waals surface area contributed by atoms with Gasteiger partial charge in [-0.3, -0.25) is 4.79 Å². The maximum absolute atomic E-state index is 10.8. The summed E-state index contributed by atoms with van der Waals surface area (Å²) in [5, 5.41) is 0. The Morgan fingerprint density at radius 3 is 2.50 bits per heavy atom. The third-order valence-electron chi connectivity index (χ3n) is 2.13. The first-order chi connectivity index (χ1) is 6.53. The van der Waals surface area contributed by atoms with Crippen molar-refractivity contribution < 1.29 is 19.0 Å². The van der Waals surface area contributed by atoms with Gasteiger partial charge in [0.25, 0.3) is 0 Å². The SMILES string of the molecule is COC(=O)CCC1OCC(C)(C)CO1. The van der Waals surface area contributed by atoms with Gasteiger partial charge >= 0.3 is 5.97 Å². The molecule has 4 nitrogen and oxygen atoms in total. The minimum Gasteiger partial charge on any atom is -0.469 e. The number of carbonyl (C=O) groups excluding carboxylic acids is 1. The van der Waals surface area contributed by atoms with Crippen molar-refractivity contribution in [1.82, 2.24) is 0 Å². The van der Waals surface area contributed by atoms with Crippen LogP contribution in [-0.4, -0.2) is 32.6 Å². The molecule has 0 aromatic rings. The van der Waals surface area contributed by atoms with E-state index in [1.807, 2.05) is 0 Å². The average molecular weight is 202 g/mol. The Kier molecular flexibility index (Phi) is 3.89. The zero-order valence-corrected chi connectivity index (χ0v) is 9.04. The first kappa shape index (κ1) is 11.5. The van der Waals surface area contributed by atoms with E-state index < -0.39 is 0 Å². The van der Waals surface area contributed by atoms with Crippen molar-refractivity contribution >= 4 is 5.97 Å². The van der Waals surface area contributed by atoms with E-state index in [1.165, 1.54) is 7.11 Å². The summed E-state index contributed by atoms with van der Waals surface area (Å²) in [6.07, 6.45) is 0.673. The number of esters is 1. The molecule has 0 aromatic heterocycles. The average Bonchev–Trinajstić information content (AvgIpc) is 2.16. The van der Waals surface area contributed by atoms with Crippen molar-refractivity contribution in [2.75, 3.05) is 20.3 Å². The molecule has 0 radical (unpaired) electrons. The van der Waals surface area contributed by atoms with Gasteiger partial charge in [0.2, 0.25) is 0 Å². The zero-order valence-electron chi connectivity index (χ0n) is 9.04. The second-order valence-electron chi connectivity index (χ2n) is 4.33. The smallest absolute Gasteiger partial charge is 0.305 e. The Morgan fingerprint density at radius 1 is 1.43 bits per heavy atom. The molecule has 1 aliphatic rings. The van der Waals surface area contributed by atoms with E-state index in [2.05, 4.69) is 18.6 Å². The minimum atomic E-state index is -0.248. The first-order valence-corrected chi connectivity index (χ1v) is 4.83. The summed E-state index contributed by atoms with van der Waals surface area (Å²) in [6, 6.07) is 0. The molecule has 1 rings (SSSR count). The van der Waals surface area contributed by atoms with Gasteiger partial charge in [0, 0.05) is 11.8 Å².